The molecule has 0 bridgehead atoms. The molecule has 0 saturated carbocycles. The summed E-state index contributed by atoms with van der Waals surface area (Å²) in [7, 11) is 0. The van der Waals surface area contributed by atoms with Crippen LogP contribution in [0.2, 0.25) is 0 Å². The van der Waals surface area contributed by atoms with E-state index in [2.05, 4.69) is 34.6 Å². The molecule has 344 valence electrons. The van der Waals surface area contributed by atoms with E-state index in [0.717, 1.165) is 69.6 Å². The Bertz CT molecular complexity index is 885. The van der Waals surface area contributed by atoms with E-state index in [1.807, 2.05) is 0 Å². The fourth-order valence-electron chi connectivity index (χ4n) is 7.81. The number of unbranched alkanes of at least 4 members (excludes halogenated alkanes) is 31. The summed E-state index contributed by atoms with van der Waals surface area (Å²) in [6.45, 7) is 11.3. The first kappa shape index (κ1) is 56.4. The summed E-state index contributed by atoms with van der Waals surface area (Å²) in [6, 6.07) is 0. The van der Waals surface area contributed by atoms with Crippen LogP contribution in [-0.4, -0.2) is 37.2 Å². The lowest BCUT2D eigenvalue weighted by atomic mass is 10.0. The highest BCUT2D eigenvalue weighted by atomic mass is 16.6. The van der Waals surface area contributed by atoms with Crippen molar-refractivity contribution in [1.82, 2.24) is 0 Å². The van der Waals surface area contributed by atoms with Gasteiger partial charge in [-0.2, -0.15) is 0 Å². The molecule has 0 fully saturated rings. The summed E-state index contributed by atoms with van der Waals surface area (Å²) in [4.78, 5) is 37.9. The minimum absolute atomic E-state index is 0.0639. The summed E-state index contributed by atoms with van der Waals surface area (Å²) in [5, 5.41) is 0. The van der Waals surface area contributed by atoms with Gasteiger partial charge in [-0.25, -0.2) is 0 Å². The molecule has 58 heavy (non-hydrogen) atoms. The second-order valence-electron chi connectivity index (χ2n) is 18.8. The van der Waals surface area contributed by atoms with Gasteiger partial charge in [0.15, 0.2) is 6.10 Å². The maximum absolute atomic E-state index is 12.8. The van der Waals surface area contributed by atoms with E-state index in [0.29, 0.717) is 19.3 Å². The molecular weight excluding hydrogens is 721 g/mol. The van der Waals surface area contributed by atoms with Crippen LogP contribution < -0.4 is 0 Å². The largest absolute Gasteiger partial charge is 0.462 e. The molecule has 0 aliphatic rings. The molecule has 6 heteroatoms. The Hall–Kier alpha value is -1.59. The van der Waals surface area contributed by atoms with Gasteiger partial charge in [0.05, 0.1) is 0 Å². The molecule has 0 aromatic rings. The lowest BCUT2D eigenvalue weighted by molar-refractivity contribution is -0.167. The van der Waals surface area contributed by atoms with Crippen molar-refractivity contribution in [2.24, 2.45) is 11.8 Å². The Balaban J connectivity index is 4.30. The molecule has 6 nitrogen and oxygen atoms in total. The number of hydrogen-bond acceptors (Lipinski definition) is 6. The number of carbonyl (C=O) groups excluding carboxylic acids is 3. The van der Waals surface area contributed by atoms with Crippen LogP contribution in [0, 0.1) is 11.8 Å². The second kappa shape index (κ2) is 44.9. The van der Waals surface area contributed by atoms with Gasteiger partial charge < -0.3 is 14.2 Å². The van der Waals surface area contributed by atoms with Gasteiger partial charge >= 0.3 is 17.9 Å². The Morgan fingerprint density at radius 3 is 0.845 bits per heavy atom. The van der Waals surface area contributed by atoms with E-state index in [1.165, 1.54) is 173 Å². The standard InChI is InChI=1S/C52H100O6/c1-6-7-8-9-10-11-12-14-19-22-29-34-39-44-52(55)58-49(46-57-51(54)43-38-33-28-24-23-26-31-36-41-48(4)5)45-56-50(53)42-37-32-27-21-18-16-13-15-17-20-25-30-35-40-47(2)3/h47-49H,6-46H2,1-5H3/t49-/m0/s1. The molecule has 0 spiro atoms. The van der Waals surface area contributed by atoms with Gasteiger partial charge in [-0.05, 0) is 31.1 Å². The first-order chi connectivity index (χ1) is 28.2. The zero-order valence-corrected chi connectivity index (χ0v) is 39.7. The molecule has 0 amide bonds. The molecule has 0 aromatic carbocycles. The van der Waals surface area contributed by atoms with Gasteiger partial charge in [-0.1, -0.05) is 247 Å². The molecule has 0 aromatic heterocycles. The third-order valence-corrected chi connectivity index (χ3v) is 11.7. The Labute approximate surface area is 361 Å². The van der Waals surface area contributed by atoms with E-state index in [4.69, 9.17) is 14.2 Å². The van der Waals surface area contributed by atoms with Crippen LogP contribution in [0.1, 0.15) is 285 Å². The van der Waals surface area contributed by atoms with E-state index in [-0.39, 0.29) is 31.1 Å². The van der Waals surface area contributed by atoms with E-state index in [9.17, 15) is 14.4 Å². The first-order valence-corrected chi connectivity index (χ1v) is 25.7. The zero-order valence-electron chi connectivity index (χ0n) is 39.7. The molecule has 0 heterocycles. The molecule has 0 N–H and O–H groups in total. The summed E-state index contributed by atoms with van der Waals surface area (Å²) in [5.41, 5.74) is 0. The Kier molecular flexibility index (Phi) is 43.7. The highest BCUT2D eigenvalue weighted by molar-refractivity contribution is 5.71. The van der Waals surface area contributed by atoms with Crippen LogP contribution in [0.25, 0.3) is 0 Å². The van der Waals surface area contributed by atoms with Gasteiger partial charge in [0.1, 0.15) is 13.2 Å². The van der Waals surface area contributed by atoms with Crippen molar-refractivity contribution in [3.8, 4) is 0 Å². The van der Waals surface area contributed by atoms with Crippen molar-refractivity contribution in [2.75, 3.05) is 13.2 Å². The van der Waals surface area contributed by atoms with Gasteiger partial charge in [0.25, 0.3) is 0 Å². The number of rotatable bonds is 46. The smallest absolute Gasteiger partial charge is 0.306 e. The van der Waals surface area contributed by atoms with Crippen molar-refractivity contribution in [3.63, 3.8) is 0 Å². The van der Waals surface area contributed by atoms with Gasteiger partial charge in [0, 0.05) is 19.3 Å². The van der Waals surface area contributed by atoms with E-state index < -0.39 is 6.10 Å². The van der Waals surface area contributed by atoms with E-state index in [1.54, 1.807) is 0 Å². The molecule has 0 saturated heterocycles. The molecule has 0 rings (SSSR count). The molecule has 0 unspecified atom stereocenters. The number of hydrogen-bond donors (Lipinski definition) is 0. The van der Waals surface area contributed by atoms with Crippen LogP contribution in [0.5, 0.6) is 0 Å². The predicted octanol–water partition coefficient (Wildman–Crippen LogP) is 16.5. The number of esters is 3. The zero-order chi connectivity index (χ0) is 42.6. The minimum Gasteiger partial charge on any atom is -0.462 e. The topological polar surface area (TPSA) is 78.9 Å². The van der Waals surface area contributed by atoms with Crippen LogP contribution in [0.4, 0.5) is 0 Å². The molecule has 0 aliphatic heterocycles. The van der Waals surface area contributed by atoms with Crippen molar-refractivity contribution in [2.45, 2.75) is 291 Å². The van der Waals surface area contributed by atoms with Crippen LogP contribution >= 0.6 is 0 Å². The highest BCUT2D eigenvalue weighted by Crippen LogP contribution is 2.17. The minimum atomic E-state index is -0.761. The van der Waals surface area contributed by atoms with E-state index >= 15 is 0 Å². The lowest BCUT2D eigenvalue weighted by Crippen LogP contribution is -2.30. The predicted molar refractivity (Wildman–Crippen MR) is 247 cm³/mol. The fraction of sp³-hybridized carbons (Fsp3) is 0.942. The Morgan fingerprint density at radius 2 is 0.569 bits per heavy atom. The average Bonchev–Trinajstić information content (AvgIpc) is 3.19. The summed E-state index contributed by atoms with van der Waals surface area (Å²) in [6.07, 6.45) is 45.2. The lowest BCUT2D eigenvalue weighted by Gasteiger charge is -2.18. The Morgan fingerprint density at radius 1 is 0.328 bits per heavy atom. The summed E-state index contributed by atoms with van der Waals surface area (Å²) < 4.78 is 16.8. The van der Waals surface area contributed by atoms with Gasteiger partial charge in [0.2, 0.25) is 0 Å². The third-order valence-electron chi connectivity index (χ3n) is 11.7. The summed E-state index contributed by atoms with van der Waals surface area (Å²) in [5.74, 6) is 0.787. The van der Waals surface area contributed by atoms with Crippen molar-refractivity contribution in [3.05, 3.63) is 0 Å². The maximum Gasteiger partial charge on any atom is 0.306 e. The first-order valence-electron chi connectivity index (χ1n) is 25.7. The van der Waals surface area contributed by atoms with Crippen LogP contribution in [0.15, 0.2) is 0 Å². The average molecular weight is 821 g/mol. The monoisotopic (exact) mass is 821 g/mol. The van der Waals surface area contributed by atoms with Crippen LogP contribution in [-0.2, 0) is 28.6 Å². The summed E-state index contributed by atoms with van der Waals surface area (Å²) >= 11 is 0. The number of ether oxygens (including phenoxy) is 3. The number of carbonyl (C=O) groups is 3. The third kappa shape index (κ3) is 45.5. The highest BCUT2D eigenvalue weighted by Gasteiger charge is 2.19. The van der Waals surface area contributed by atoms with Gasteiger partial charge in [-0.3, -0.25) is 14.4 Å². The van der Waals surface area contributed by atoms with Crippen molar-refractivity contribution in [1.29, 1.82) is 0 Å². The van der Waals surface area contributed by atoms with Crippen LogP contribution in [0.3, 0.4) is 0 Å². The molecular formula is C52H100O6. The van der Waals surface area contributed by atoms with Gasteiger partial charge in [-0.15, -0.1) is 0 Å². The molecule has 0 aliphatic carbocycles. The molecule has 0 radical (unpaired) electrons. The SMILES string of the molecule is CCCCCCCCCCCCCCCC(=O)O[C@@H](COC(=O)CCCCCCCCCCCCCCCC(C)C)COC(=O)CCCCCCCCCCC(C)C. The van der Waals surface area contributed by atoms with Crippen molar-refractivity contribution >= 4 is 17.9 Å². The fourth-order valence-corrected chi connectivity index (χ4v) is 7.81. The normalized spacial score (nSPS) is 12.1. The maximum atomic E-state index is 12.8. The van der Waals surface area contributed by atoms with Crippen molar-refractivity contribution < 1.29 is 28.6 Å². The second-order valence-corrected chi connectivity index (χ2v) is 18.8. The molecule has 1 atom stereocenters. The quantitative estimate of drug-likeness (QED) is 0.0346.